The maximum atomic E-state index is 6.72. The molecule has 0 saturated heterocycles. The molecule has 0 heterocycles. The summed E-state index contributed by atoms with van der Waals surface area (Å²) in [5.41, 5.74) is 1.36. The standard InChI is InChI=1S/C21H36OSi/c1-17(2)20(22-23(7,8)21(4,5)6)18(3)13-12-16-19-14-10-9-11-15-19/h9-15,17-18,20H,16H2,1-8H3/b13-12-/t18-,20+/m0/s1. The molecule has 0 aromatic heterocycles. The molecule has 0 spiro atoms. The third kappa shape index (κ3) is 6.27. The molecule has 23 heavy (non-hydrogen) atoms. The van der Waals surface area contributed by atoms with Crippen molar-refractivity contribution in [2.45, 2.75) is 72.2 Å². The zero-order valence-electron chi connectivity index (χ0n) is 16.4. The molecule has 0 N–H and O–H groups in total. The van der Waals surface area contributed by atoms with E-state index < -0.39 is 8.32 Å². The largest absolute Gasteiger partial charge is 0.413 e. The van der Waals surface area contributed by atoms with Crippen LogP contribution in [0, 0.1) is 11.8 Å². The van der Waals surface area contributed by atoms with Gasteiger partial charge in [0.1, 0.15) is 0 Å². The molecule has 1 rings (SSSR count). The van der Waals surface area contributed by atoms with Gasteiger partial charge in [0.05, 0.1) is 6.10 Å². The first-order valence-corrected chi connectivity index (χ1v) is 11.8. The quantitative estimate of drug-likeness (QED) is 0.411. The number of hydrogen-bond acceptors (Lipinski definition) is 1. The first-order valence-electron chi connectivity index (χ1n) is 8.93. The van der Waals surface area contributed by atoms with Crippen molar-refractivity contribution in [2.75, 3.05) is 0 Å². The van der Waals surface area contributed by atoms with E-state index in [0.717, 1.165) is 6.42 Å². The van der Waals surface area contributed by atoms with Crippen molar-refractivity contribution < 1.29 is 4.43 Å². The lowest BCUT2D eigenvalue weighted by Gasteiger charge is -2.42. The maximum Gasteiger partial charge on any atom is 0.192 e. The predicted octanol–water partition coefficient (Wildman–Crippen LogP) is 6.47. The van der Waals surface area contributed by atoms with Crippen molar-refractivity contribution in [1.29, 1.82) is 0 Å². The van der Waals surface area contributed by atoms with Gasteiger partial charge in [-0.3, -0.25) is 0 Å². The van der Waals surface area contributed by atoms with Gasteiger partial charge >= 0.3 is 0 Å². The first-order chi connectivity index (χ1) is 10.5. The zero-order chi connectivity index (χ0) is 17.7. The van der Waals surface area contributed by atoms with E-state index in [9.17, 15) is 0 Å². The monoisotopic (exact) mass is 332 g/mol. The van der Waals surface area contributed by atoms with Crippen molar-refractivity contribution in [3.05, 3.63) is 48.0 Å². The van der Waals surface area contributed by atoms with Crippen molar-refractivity contribution >= 4 is 8.32 Å². The average Bonchev–Trinajstić information content (AvgIpc) is 2.44. The van der Waals surface area contributed by atoms with E-state index in [2.05, 4.69) is 97.1 Å². The average molecular weight is 333 g/mol. The Balaban J connectivity index is 2.73. The predicted molar refractivity (Wildman–Crippen MR) is 105 cm³/mol. The summed E-state index contributed by atoms with van der Waals surface area (Å²) in [7, 11) is -1.73. The molecule has 0 radical (unpaired) electrons. The van der Waals surface area contributed by atoms with Gasteiger partial charge in [-0.25, -0.2) is 0 Å². The maximum absolute atomic E-state index is 6.72. The number of benzene rings is 1. The molecular formula is C21H36OSi. The van der Waals surface area contributed by atoms with Gasteiger partial charge in [-0.2, -0.15) is 0 Å². The second-order valence-corrected chi connectivity index (χ2v) is 13.3. The highest BCUT2D eigenvalue weighted by Crippen LogP contribution is 2.39. The van der Waals surface area contributed by atoms with Crippen LogP contribution in [0.3, 0.4) is 0 Å². The Labute approximate surface area is 145 Å². The van der Waals surface area contributed by atoms with E-state index in [1.807, 2.05) is 0 Å². The van der Waals surface area contributed by atoms with Gasteiger partial charge < -0.3 is 4.43 Å². The molecular weight excluding hydrogens is 296 g/mol. The number of hydrogen-bond donors (Lipinski definition) is 0. The molecule has 1 nitrogen and oxygen atoms in total. The third-order valence-corrected chi connectivity index (χ3v) is 9.52. The molecule has 0 saturated carbocycles. The zero-order valence-corrected chi connectivity index (χ0v) is 17.4. The fourth-order valence-electron chi connectivity index (χ4n) is 2.51. The fraction of sp³-hybridized carbons (Fsp3) is 0.619. The smallest absolute Gasteiger partial charge is 0.192 e. The van der Waals surface area contributed by atoms with Crippen LogP contribution in [-0.4, -0.2) is 14.4 Å². The molecule has 0 fully saturated rings. The van der Waals surface area contributed by atoms with Crippen LogP contribution in [0.2, 0.25) is 18.1 Å². The third-order valence-electron chi connectivity index (χ3n) is 5.05. The highest BCUT2D eigenvalue weighted by Gasteiger charge is 2.40. The summed E-state index contributed by atoms with van der Waals surface area (Å²) in [6.07, 6.45) is 5.92. The van der Waals surface area contributed by atoms with Crippen molar-refractivity contribution in [3.63, 3.8) is 0 Å². The van der Waals surface area contributed by atoms with Crippen molar-refractivity contribution in [3.8, 4) is 0 Å². The lowest BCUT2D eigenvalue weighted by molar-refractivity contribution is 0.100. The Morgan fingerprint density at radius 2 is 1.61 bits per heavy atom. The summed E-state index contributed by atoms with van der Waals surface area (Å²) in [5.74, 6) is 0.966. The van der Waals surface area contributed by atoms with Gasteiger partial charge in [0, 0.05) is 0 Å². The Morgan fingerprint density at radius 3 is 2.09 bits per heavy atom. The van der Waals surface area contributed by atoms with E-state index in [1.165, 1.54) is 5.56 Å². The second-order valence-electron chi connectivity index (χ2n) is 8.56. The topological polar surface area (TPSA) is 9.23 Å². The van der Waals surface area contributed by atoms with Crippen LogP contribution in [0.15, 0.2) is 42.5 Å². The van der Waals surface area contributed by atoms with Crippen LogP contribution in [-0.2, 0) is 10.8 Å². The minimum Gasteiger partial charge on any atom is -0.413 e. The second kappa shape index (κ2) is 8.30. The van der Waals surface area contributed by atoms with Crippen LogP contribution in [0.1, 0.15) is 47.1 Å². The minimum atomic E-state index is -1.73. The molecule has 0 aliphatic heterocycles. The SMILES string of the molecule is CC(C)[C@@H](O[Si](C)(C)C(C)(C)C)[C@@H](C)/C=C\Cc1ccccc1. The molecule has 0 aliphatic rings. The highest BCUT2D eigenvalue weighted by molar-refractivity contribution is 6.74. The summed E-state index contributed by atoms with van der Waals surface area (Å²) in [4.78, 5) is 0. The van der Waals surface area contributed by atoms with Gasteiger partial charge in [0.25, 0.3) is 0 Å². The van der Waals surface area contributed by atoms with Crippen LogP contribution >= 0.6 is 0 Å². The molecule has 2 heteroatoms. The van der Waals surface area contributed by atoms with Gasteiger partial charge in [-0.05, 0) is 42.0 Å². The van der Waals surface area contributed by atoms with Gasteiger partial charge in [0.15, 0.2) is 8.32 Å². The minimum absolute atomic E-state index is 0.258. The molecule has 0 bridgehead atoms. The highest BCUT2D eigenvalue weighted by atomic mass is 28.4. The van der Waals surface area contributed by atoms with Crippen LogP contribution < -0.4 is 0 Å². The van der Waals surface area contributed by atoms with E-state index in [4.69, 9.17) is 4.43 Å². The summed E-state index contributed by atoms with van der Waals surface area (Å²) in [6.45, 7) is 18.5. The van der Waals surface area contributed by atoms with Gasteiger partial charge in [0.2, 0.25) is 0 Å². The molecule has 0 aliphatic carbocycles. The fourth-order valence-corrected chi connectivity index (χ4v) is 4.03. The Morgan fingerprint density at radius 1 is 1.04 bits per heavy atom. The van der Waals surface area contributed by atoms with E-state index in [1.54, 1.807) is 0 Å². The van der Waals surface area contributed by atoms with E-state index >= 15 is 0 Å². The Kier molecular flexibility index (Phi) is 7.28. The lowest BCUT2D eigenvalue weighted by Crippen LogP contribution is -2.46. The molecule has 0 unspecified atom stereocenters. The van der Waals surface area contributed by atoms with Crippen LogP contribution in [0.5, 0.6) is 0 Å². The Bertz CT molecular complexity index is 482. The summed E-state index contributed by atoms with van der Waals surface area (Å²) in [5, 5.41) is 0.258. The van der Waals surface area contributed by atoms with Crippen LogP contribution in [0.25, 0.3) is 0 Å². The summed E-state index contributed by atoms with van der Waals surface area (Å²) in [6, 6.07) is 10.6. The van der Waals surface area contributed by atoms with Gasteiger partial charge in [-0.15, -0.1) is 0 Å². The van der Waals surface area contributed by atoms with E-state index in [0.29, 0.717) is 17.9 Å². The summed E-state index contributed by atoms with van der Waals surface area (Å²) < 4.78 is 6.72. The molecule has 130 valence electrons. The van der Waals surface area contributed by atoms with Gasteiger partial charge in [-0.1, -0.05) is 84.0 Å². The van der Waals surface area contributed by atoms with Crippen LogP contribution in [0.4, 0.5) is 0 Å². The normalized spacial score (nSPS) is 16.0. The summed E-state index contributed by atoms with van der Waals surface area (Å²) >= 11 is 0. The molecule has 1 aromatic rings. The number of allylic oxidation sites excluding steroid dienone is 1. The lowest BCUT2D eigenvalue weighted by atomic mass is 9.94. The van der Waals surface area contributed by atoms with Crippen molar-refractivity contribution in [1.82, 2.24) is 0 Å². The molecule has 0 amide bonds. The van der Waals surface area contributed by atoms with E-state index in [-0.39, 0.29) is 5.04 Å². The number of rotatable bonds is 7. The molecule has 2 atom stereocenters. The van der Waals surface area contributed by atoms with Crippen molar-refractivity contribution in [2.24, 2.45) is 11.8 Å². The first kappa shape index (κ1) is 20.2. The Hall–Kier alpha value is -0.863. The molecule has 1 aromatic carbocycles.